The molecule has 0 nitrogen and oxygen atoms in total. The monoisotopic (exact) mass is 201 g/mol. The van der Waals surface area contributed by atoms with Crippen LogP contribution in [0.15, 0.2) is 42.5 Å². The highest BCUT2D eigenvalue weighted by molar-refractivity contribution is 6.33. The van der Waals surface area contributed by atoms with E-state index in [1.807, 2.05) is 18.2 Å². The van der Waals surface area contributed by atoms with Crippen LogP contribution in [-0.2, 0) is 0 Å². The van der Waals surface area contributed by atoms with E-state index in [1.165, 1.54) is 5.56 Å². The Kier molecular flexibility index (Phi) is 2.55. The van der Waals surface area contributed by atoms with Crippen LogP contribution in [0.3, 0.4) is 0 Å². The molecule has 0 N–H and O–H groups in total. The van der Waals surface area contributed by atoms with Crippen molar-refractivity contribution >= 4 is 11.6 Å². The van der Waals surface area contributed by atoms with Gasteiger partial charge in [-0.25, -0.2) is 0 Å². The summed E-state index contributed by atoms with van der Waals surface area (Å²) in [6, 6.07) is 17.1. The fourth-order valence-electron chi connectivity index (χ4n) is 1.36. The molecule has 0 bridgehead atoms. The third-order valence-corrected chi connectivity index (χ3v) is 2.46. The summed E-state index contributed by atoms with van der Waals surface area (Å²) in [5, 5.41) is 0.747. The summed E-state index contributed by atoms with van der Waals surface area (Å²) < 4.78 is 0. The fourth-order valence-corrected chi connectivity index (χ4v) is 1.59. The lowest BCUT2D eigenvalue weighted by Gasteiger charge is -2.03. The van der Waals surface area contributed by atoms with Gasteiger partial charge in [-0.1, -0.05) is 53.6 Å². The number of halogens is 1. The molecule has 0 atom stereocenters. The van der Waals surface area contributed by atoms with Crippen LogP contribution in [0.4, 0.5) is 0 Å². The Morgan fingerprint density at radius 2 is 1.79 bits per heavy atom. The molecular formula is C13H10Cl. The van der Waals surface area contributed by atoms with Crippen LogP contribution in [0.2, 0.25) is 5.02 Å². The molecule has 69 valence electrons. The van der Waals surface area contributed by atoms with E-state index in [0.717, 1.165) is 16.1 Å². The second-order valence-corrected chi connectivity index (χ2v) is 3.67. The third-order valence-electron chi connectivity index (χ3n) is 2.15. The van der Waals surface area contributed by atoms with Crippen molar-refractivity contribution in [2.75, 3.05) is 0 Å². The van der Waals surface area contributed by atoms with Crippen LogP contribution in [0.1, 0.15) is 5.56 Å². The van der Waals surface area contributed by atoms with Crippen molar-refractivity contribution < 1.29 is 0 Å². The summed E-state index contributed by atoms with van der Waals surface area (Å²) in [4.78, 5) is 0. The van der Waals surface area contributed by atoms with Gasteiger partial charge in [-0.05, 0) is 24.6 Å². The molecule has 2 aromatic carbocycles. The number of rotatable bonds is 1. The van der Waals surface area contributed by atoms with Gasteiger partial charge in [-0.3, -0.25) is 0 Å². The minimum atomic E-state index is 0.747. The minimum Gasteiger partial charge on any atom is -0.0836 e. The summed E-state index contributed by atoms with van der Waals surface area (Å²) in [6.07, 6.45) is 0. The van der Waals surface area contributed by atoms with Crippen LogP contribution in [0.25, 0.3) is 11.1 Å². The first-order chi connectivity index (χ1) is 6.77. The molecule has 0 amide bonds. The first-order valence-corrected chi connectivity index (χ1v) is 4.88. The van der Waals surface area contributed by atoms with Gasteiger partial charge >= 0.3 is 0 Å². The average Bonchev–Trinajstić information content (AvgIpc) is 2.20. The second kappa shape index (κ2) is 3.85. The Morgan fingerprint density at radius 1 is 1.07 bits per heavy atom. The zero-order valence-corrected chi connectivity index (χ0v) is 8.68. The van der Waals surface area contributed by atoms with E-state index in [-0.39, 0.29) is 0 Å². The van der Waals surface area contributed by atoms with Crippen molar-refractivity contribution in [2.45, 2.75) is 6.92 Å². The van der Waals surface area contributed by atoms with Crippen molar-refractivity contribution in [1.29, 1.82) is 0 Å². The number of aryl methyl sites for hydroxylation is 1. The highest BCUT2D eigenvalue weighted by Crippen LogP contribution is 2.26. The van der Waals surface area contributed by atoms with Gasteiger partial charge in [0, 0.05) is 10.6 Å². The fraction of sp³-hybridized carbons (Fsp3) is 0.0769. The topological polar surface area (TPSA) is 0 Å². The minimum absolute atomic E-state index is 0.747. The Morgan fingerprint density at radius 3 is 2.43 bits per heavy atom. The van der Waals surface area contributed by atoms with E-state index in [4.69, 9.17) is 11.6 Å². The zero-order valence-electron chi connectivity index (χ0n) is 7.92. The first kappa shape index (κ1) is 9.29. The van der Waals surface area contributed by atoms with E-state index in [1.54, 1.807) is 0 Å². The predicted molar refractivity (Wildman–Crippen MR) is 60.5 cm³/mol. The van der Waals surface area contributed by atoms with Gasteiger partial charge in [0.1, 0.15) is 0 Å². The van der Waals surface area contributed by atoms with Gasteiger partial charge in [-0.15, -0.1) is 0 Å². The van der Waals surface area contributed by atoms with Crippen LogP contribution in [-0.4, -0.2) is 0 Å². The molecule has 14 heavy (non-hydrogen) atoms. The van der Waals surface area contributed by atoms with Gasteiger partial charge in [-0.2, -0.15) is 0 Å². The van der Waals surface area contributed by atoms with Gasteiger partial charge in [0.15, 0.2) is 0 Å². The van der Waals surface area contributed by atoms with Gasteiger partial charge < -0.3 is 0 Å². The molecule has 0 fully saturated rings. The van der Waals surface area contributed by atoms with Crippen molar-refractivity contribution in [1.82, 2.24) is 0 Å². The Bertz CT molecular complexity index is 429. The standard InChI is InChI=1S/C13H10Cl/c1-10-6-8-11(9-7-10)12-4-2-3-5-13(12)14/h2-3,5-9H,1H3. The number of hydrogen-bond acceptors (Lipinski definition) is 0. The summed E-state index contributed by atoms with van der Waals surface area (Å²) in [5.74, 6) is 0. The van der Waals surface area contributed by atoms with Crippen LogP contribution in [0.5, 0.6) is 0 Å². The molecular weight excluding hydrogens is 192 g/mol. The zero-order chi connectivity index (χ0) is 9.97. The van der Waals surface area contributed by atoms with E-state index in [0.29, 0.717) is 0 Å². The first-order valence-electron chi connectivity index (χ1n) is 4.50. The van der Waals surface area contributed by atoms with E-state index >= 15 is 0 Å². The van der Waals surface area contributed by atoms with Gasteiger partial charge in [0.05, 0.1) is 0 Å². The van der Waals surface area contributed by atoms with Crippen molar-refractivity contribution in [3.63, 3.8) is 0 Å². The molecule has 0 heterocycles. The lowest BCUT2D eigenvalue weighted by atomic mass is 10.0. The summed E-state index contributed by atoms with van der Waals surface area (Å²) in [5.41, 5.74) is 3.33. The van der Waals surface area contributed by atoms with Crippen LogP contribution >= 0.6 is 11.6 Å². The molecule has 0 aliphatic rings. The molecule has 0 saturated carbocycles. The van der Waals surface area contributed by atoms with E-state index in [9.17, 15) is 0 Å². The van der Waals surface area contributed by atoms with Crippen LogP contribution in [0, 0.1) is 13.0 Å². The predicted octanol–water partition coefficient (Wildman–Crippen LogP) is 4.12. The summed E-state index contributed by atoms with van der Waals surface area (Å²) in [7, 11) is 0. The lowest BCUT2D eigenvalue weighted by Crippen LogP contribution is -1.79. The van der Waals surface area contributed by atoms with Gasteiger partial charge in [0.25, 0.3) is 0 Å². The largest absolute Gasteiger partial charge is 0.0836 e. The maximum Gasteiger partial charge on any atom is 0.0490 e. The molecule has 1 heteroatoms. The second-order valence-electron chi connectivity index (χ2n) is 3.26. The van der Waals surface area contributed by atoms with Crippen molar-refractivity contribution in [3.05, 3.63) is 59.1 Å². The molecule has 2 rings (SSSR count). The molecule has 2 aromatic rings. The Balaban J connectivity index is 2.50. The maximum absolute atomic E-state index is 6.07. The van der Waals surface area contributed by atoms with E-state index in [2.05, 4.69) is 37.3 Å². The summed E-state index contributed by atoms with van der Waals surface area (Å²) >= 11 is 6.07. The number of hydrogen-bond donors (Lipinski definition) is 0. The van der Waals surface area contributed by atoms with Crippen molar-refractivity contribution in [3.8, 4) is 11.1 Å². The Labute approximate surface area is 89.2 Å². The highest BCUT2D eigenvalue weighted by Gasteiger charge is 2.01. The molecule has 1 radical (unpaired) electrons. The summed E-state index contributed by atoms with van der Waals surface area (Å²) in [6.45, 7) is 2.07. The molecule has 0 saturated heterocycles. The smallest absolute Gasteiger partial charge is 0.0490 e. The molecule has 0 aliphatic heterocycles. The highest BCUT2D eigenvalue weighted by atomic mass is 35.5. The maximum atomic E-state index is 6.07. The third kappa shape index (κ3) is 1.80. The lowest BCUT2D eigenvalue weighted by molar-refractivity contribution is 1.47. The molecule has 0 aliphatic carbocycles. The van der Waals surface area contributed by atoms with Crippen molar-refractivity contribution in [2.24, 2.45) is 0 Å². The Hall–Kier alpha value is -1.27. The van der Waals surface area contributed by atoms with Crippen LogP contribution < -0.4 is 0 Å². The average molecular weight is 202 g/mol. The van der Waals surface area contributed by atoms with Gasteiger partial charge in [0.2, 0.25) is 0 Å². The molecule has 0 aromatic heterocycles. The SMILES string of the molecule is Cc1ccc(-c2[c]cccc2Cl)cc1. The molecule has 0 spiro atoms. The normalized spacial score (nSPS) is 10.1. The quantitative estimate of drug-likeness (QED) is 0.651. The number of benzene rings is 2. The van der Waals surface area contributed by atoms with E-state index < -0.39 is 0 Å². The molecule has 0 unspecified atom stereocenters.